The Hall–Kier alpha value is -3.75. The van der Waals surface area contributed by atoms with E-state index in [1.54, 1.807) is 12.4 Å². The van der Waals surface area contributed by atoms with E-state index in [4.69, 9.17) is 15.0 Å². The van der Waals surface area contributed by atoms with Crippen molar-refractivity contribution in [2.24, 2.45) is 7.05 Å². The van der Waals surface area contributed by atoms with E-state index in [1.807, 2.05) is 13.1 Å². The topological polar surface area (TPSA) is 79.1 Å². The minimum atomic E-state index is 0.341. The lowest BCUT2D eigenvalue weighted by atomic mass is 10.1. The maximum Gasteiger partial charge on any atom is 0.229 e. The Morgan fingerprint density at radius 1 is 0.889 bits per heavy atom. The van der Waals surface area contributed by atoms with Crippen molar-refractivity contribution in [2.75, 3.05) is 54.0 Å². The highest BCUT2D eigenvalue weighted by atomic mass is 15.3. The van der Waals surface area contributed by atoms with Crippen LogP contribution < -0.4 is 14.7 Å². The second kappa shape index (κ2) is 9.37. The van der Waals surface area contributed by atoms with E-state index in [0.717, 1.165) is 86.6 Å². The molecular weight excluding hydrogens is 450 g/mol. The molecule has 0 N–H and O–H groups in total. The van der Waals surface area contributed by atoms with Crippen molar-refractivity contribution in [3.63, 3.8) is 0 Å². The molecule has 0 spiro atoms. The van der Waals surface area contributed by atoms with Crippen molar-refractivity contribution in [1.29, 1.82) is 0 Å². The lowest BCUT2D eigenvalue weighted by molar-refractivity contribution is 0.735. The molecule has 5 heterocycles. The molecule has 2 fully saturated rings. The van der Waals surface area contributed by atoms with Gasteiger partial charge in [0.1, 0.15) is 11.3 Å². The number of anilines is 3. The van der Waals surface area contributed by atoms with Crippen molar-refractivity contribution in [2.45, 2.75) is 32.6 Å². The Morgan fingerprint density at radius 3 is 2.58 bits per heavy atom. The number of hydrogen-bond acceptors (Lipinski definition) is 8. The van der Waals surface area contributed by atoms with Gasteiger partial charge in [0.05, 0.1) is 5.69 Å². The maximum atomic E-state index is 5.19. The summed E-state index contributed by atoms with van der Waals surface area (Å²) in [5.41, 5.74) is 5.43. The van der Waals surface area contributed by atoms with Gasteiger partial charge in [0, 0.05) is 76.5 Å². The van der Waals surface area contributed by atoms with Crippen LogP contribution >= 0.6 is 0 Å². The second-order valence-corrected chi connectivity index (χ2v) is 9.97. The SMILES string of the molecule is Cc1cccc(N2CCCN(c3nc(N4CCC(c5cnccn5)C4)nc4nc(C)n(C)c34)CC2)c1. The molecule has 9 heteroatoms. The summed E-state index contributed by atoms with van der Waals surface area (Å²) in [6.45, 7) is 9.80. The molecule has 0 aliphatic carbocycles. The van der Waals surface area contributed by atoms with Gasteiger partial charge in [-0.2, -0.15) is 9.97 Å². The standard InChI is InChI=1S/C27H33N9/c1-19-6-4-7-22(16-19)34-11-5-12-35(15-14-34)26-24-25(30-20(2)33(24)3)31-27(32-26)36-13-8-21(18-36)23-17-28-9-10-29-23/h4,6-7,9-10,16-17,21H,5,8,11-15,18H2,1-3H3. The molecule has 36 heavy (non-hydrogen) atoms. The molecule has 9 nitrogen and oxygen atoms in total. The van der Waals surface area contributed by atoms with E-state index in [9.17, 15) is 0 Å². The summed E-state index contributed by atoms with van der Waals surface area (Å²) in [6, 6.07) is 8.80. The van der Waals surface area contributed by atoms with Crippen LogP contribution in [0.5, 0.6) is 0 Å². The predicted octanol–water partition coefficient (Wildman–Crippen LogP) is 3.48. The van der Waals surface area contributed by atoms with Gasteiger partial charge >= 0.3 is 0 Å². The van der Waals surface area contributed by atoms with E-state index >= 15 is 0 Å². The first-order chi connectivity index (χ1) is 17.6. The first kappa shape index (κ1) is 22.7. The van der Waals surface area contributed by atoms with Crippen LogP contribution in [0, 0.1) is 13.8 Å². The van der Waals surface area contributed by atoms with Gasteiger partial charge in [-0.3, -0.25) is 9.97 Å². The smallest absolute Gasteiger partial charge is 0.229 e. The molecule has 6 rings (SSSR count). The highest BCUT2D eigenvalue weighted by Crippen LogP contribution is 2.32. The van der Waals surface area contributed by atoms with Crippen LogP contribution in [0.3, 0.4) is 0 Å². The molecule has 2 saturated heterocycles. The fraction of sp³-hybridized carbons (Fsp3) is 0.444. The van der Waals surface area contributed by atoms with E-state index in [2.05, 4.69) is 67.5 Å². The van der Waals surface area contributed by atoms with Crippen molar-refractivity contribution >= 4 is 28.6 Å². The van der Waals surface area contributed by atoms with Gasteiger partial charge in [-0.25, -0.2) is 4.98 Å². The Labute approximate surface area is 211 Å². The highest BCUT2D eigenvalue weighted by molar-refractivity contribution is 5.86. The Morgan fingerprint density at radius 2 is 1.75 bits per heavy atom. The quantitative estimate of drug-likeness (QED) is 0.437. The van der Waals surface area contributed by atoms with Crippen molar-refractivity contribution in [3.05, 3.63) is 59.9 Å². The Balaban J connectivity index is 1.30. The van der Waals surface area contributed by atoms with Crippen LogP contribution in [0.4, 0.5) is 17.5 Å². The molecule has 0 amide bonds. The van der Waals surface area contributed by atoms with E-state index in [0.29, 0.717) is 5.92 Å². The van der Waals surface area contributed by atoms with Crippen LogP contribution in [0.1, 0.15) is 35.8 Å². The number of fused-ring (bicyclic) bond motifs is 1. The lowest BCUT2D eigenvalue weighted by Gasteiger charge is -2.26. The molecule has 0 bridgehead atoms. The number of rotatable bonds is 4. The van der Waals surface area contributed by atoms with Gasteiger partial charge < -0.3 is 19.3 Å². The minimum Gasteiger partial charge on any atom is -0.370 e. The molecule has 4 aromatic rings. The van der Waals surface area contributed by atoms with E-state index in [-0.39, 0.29) is 0 Å². The van der Waals surface area contributed by atoms with Crippen molar-refractivity contribution in [3.8, 4) is 0 Å². The van der Waals surface area contributed by atoms with Crippen LogP contribution in [0.2, 0.25) is 0 Å². The summed E-state index contributed by atoms with van der Waals surface area (Å²) in [5, 5.41) is 0. The van der Waals surface area contributed by atoms with Crippen LogP contribution in [-0.4, -0.2) is 68.8 Å². The van der Waals surface area contributed by atoms with E-state index < -0.39 is 0 Å². The fourth-order valence-corrected chi connectivity index (χ4v) is 5.47. The first-order valence-electron chi connectivity index (χ1n) is 12.9. The minimum absolute atomic E-state index is 0.341. The first-order valence-corrected chi connectivity index (χ1v) is 12.9. The van der Waals surface area contributed by atoms with Gasteiger partial charge in [0.15, 0.2) is 11.5 Å². The third-order valence-corrected chi connectivity index (χ3v) is 7.56. The molecule has 0 saturated carbocycles. The van der Waals surface area contributed by atoms with Crippen molar-refractivity contribution in [1.82, 2.24) is 29.5 Å². The van der Waals surface area contributed by atoms with Gasteiger partial charge in [0.2, 0.25) is 5.95 Å². The normalized spacial score (nSPS) is 18.8. The van der Waals surface area contributed by atoms with Crippen LogP contribution in [-0.2, 0) is 7.05 Å². The van der Waals surface area contributed by atoms with E-state index in [1.165, 1.54) is 11.3 Å². The summed E-state index contributed by atoms with van der Waals surface area (Å²) in [5.74, 6) is 3.05. The molecule has 0 radical (unpaired) electrons. The number of hydrogen-bond donors (Lipinski definition) is 0. The zero-order valence-electron chi connectivity index (χ0n) is 21.3. The zero-order chi connectivity index (χ0) is 24.6. The van der Waals surface area contributed by atoms with Gasteiger partial charge in [-0.05, 0) is 44.4 Å². The molecule has 2 aliphatic rings. The lowest BCUT2D eigenvalue weighted by Crippen LogP contribution is -2.32. The third kappa shape index (κ3) is 4.23. The summed E-state index contributed by atoms with van der Waals surface area (Å²) in [4.78, 5) is 30.9. The van der Waals surface area contributed by atoms with Gasteiger partial charge in [-0.15, -0.1) is 0 Å². The summed E-state index contributed by atoms with van der Waals surface area (Å²) in [6.07, 6.45) is 7.47. The average molecular weight is 484 g/mol. The van der Waals surface area contributed by atoms with Crippen molar-refractivity contribution < 1.29 is 0 Å². The van der Waals surface area contributed by atoms with Crippen LogP contribution in [0.15, 0.2) is 42.9 Å². The third-order valence-electron chi connectivity index (χ3n) is 7.56. The zero-order valence-corrected chi connectivity index (χ0v) is 21.3. The number of imidazole rings is 1. The average Bonchev–Trinajstić information content (AvgIpc) is 3.40. The van der Waals surface area contributed by atoms with Crippen LogP contribution in [0.25, 0.3) is 11.2 Å². The van der Waals surface area contributed by atoms with Gasteiger partial charge in [-0.1, -0.05) is 12.1 Å². The number of nitrogens with zero attached hydrogens (tertiary/aromatic N) is 9. The Bertz CT molecular complexity index is 1370. The Kier molecular flexibility index (Phi) is 5.91. The predicted molar refractivity (Wildman–Crippen MR) is 143 cm³/mol. The molecule has 1 unspecified atom stereocenters. The molecule has 1 aromatic carbocycles. The summed E-state index contributed by atoms with van der Waals surface area (Å²) in [7, 11) is 2.06. The molecule has 2 aliphatic heterocycles. The molecule has 1 atom stereocenters. The number of benzene rings is 1. The largest absolute Gasteiger partial charge is 0.370 e. The monoisotopic (exact) mass is 483 g/mol. The fourth-order valence-electron chi connectivity index (χ4n) is 5.47. The summed E-state index contributed by atoms with van der Waals surface area (Å²) < 4.78 is 2.13. The molecule has 3 aromatic heterocycles. The second-order valence-electron chi connectivity index (χ2n) is 9.97. The molecule has 186 valence electrons. The highest BCUT2D eigenvalue weighted by Gasteiger charge is 2.29. The number of aromatic nitrogens is 6. The number of aryl methyl sites for hydroxylation is 3. The summed E-state index contributed by atoms with van der Waals surface area (Å²) >= 11 is 0. The molecular formula is C27H33N9. The maximum absolute atomic E-state index is 5.19. The van der Waals surface area contributed by atoms with Gasteiger partial charge in [0.25, 0.3) is 0 Å².